The summed E-state index contributed by atoms with van der Waals surface area (Å²) in [6, 6.07) is 8.39. The number of allylic oxidation sites excluding steroid dienone is 1. The molecule has 1 aromatic heterocycles. The van der Waals surface area contributed by atoms with Gasteiger partial charge in [0.05, 0.1) is 17.6 Å². The van der Waals surface area contributed by atoms with Crippen LogP contribution in [0.5, 0.6) is 0 Å². The van der Waals surface area contributed by atoms with Gasteiger partial charge in [0.1, 0.15) is 0 Å². The predicted molar refractivity (Wildman–Crippen MR) is 110 cm³/mol. The van der Waals surface area contributed by atoms with Crippen LogP contribution in [-0.4, -0.2) is 30.5 Å². The molecule has 5 nitrogen and oxygen atoms in total. The second-order valence-electron chi connectivity index (χ2n) is 8.52. The number of benzene rings is 1. The lowest BCUT2D eigenvalue weighted by Gasteiger charge is -2.19. The SMILES string of the molecule is Cc1nn(-c2ccc(C(C)(C)C)cc2)c(C)c1[C@H]1C=C[C@@H](NS(C)(=O)=O)C1. The average molecular weight is 388 g/mol. The molecule has 0 spiro atoms. The fourth-order valence-electron chi connectivity index (χ4n) is 3.82. The minimum absolute atomic E-state index is 0.120. The Morgan fingerprint density at radius 2 is 1.74 bits per heavy atom. The van der Waals surface area contributed by atoms with E-state index in [-0.39, 0.29) is 17.4 Å². The molecule has 2 atom stereocenters. The van der Waals surface area contributed by atoms with Crippen molar-refractivity contribution in [1.82, 2.24) is 14.5 Å². The number of hydrogen-bond acceptors (Lipinski definition) is 3. The molecule has 0 saturated heterocycles. The summed E-state index contributed by atoms with van der Waals surface area (Å²) in [6.45, 7) is 10.7. The maximum atomic E-state index is 11.5. The third-order valence-electron chi connectivity index (χ3n) is 5.15. The van der Waals surface area contributed by atoms with E-state index in [4.69, 9.17) is 5.10 Å². The van der Waals surface area contributed by atoms with Crippen LogP contribution in [0, 0.1) is 13.8 Å². The minimum atomic E-state index is -3.21. The molecule has 1 aromatic carbocycles. The van der Waals surface area contributed by atoms with Crippen LogP contribution < -0.4 is 4.72 Å². The number of nitrogens with zero attached hydrogens (tertiary/aromatic N) is 2. The van der Waals surface area contributed by atoms with E-state index in [9.17, 15) is 8.42 Å². The largest absolute Gasteiger partial charge is 0.238 e. The number of aryl methyl sites for hydroxylation is 1. The highest BCUT2D eigenvalue weighted by Crippen LogP contribution is 2.34. The number of hydrogen-bond donors (Lipinski definition) is 1. The third-order valence-corrected chi connectivity index (χ3v) is 5.88. The van der Waals surface area contributed by atoms with E-state index < -0.39 is 10.0 Å². The molecule has 0 fully saturated rings. The molecule has 0 saturated carbocycles. The molecule has 1 heterocycles. The van der Waals surface area contributed by atoms with Gasteiger partial charge in [0.25, 0.3) is 0 Å². The molecule has 0 aliphatic heterocycles. The second kappa shape index (κ2) is 6.91. The molecule has 3 rings (SSSR count). The summed E-state index contributed by atoms with van der Waals surface area (Å²) in [5.74, 6) is 0.173. The van der Waals surface area contributed by atoms with E-state index in [2.05, 4.69) is 62.8 Å². The van der Waals surface area contributed by atoms with Crippen molar-refractivity contribution in [3.8, 4) is 5.69 Å². The summed E-state index contributed by atoms with van der Waals surface area (Å²) in [6.07, 6.45) is 5.96. The molecule has 27 heavy (non-hydrogen) atoms. The highest BCUT2D eigenvalue weighted by atomic mass is 32.2. The van der Waals surface area contributed by atoms with Crippen molar-refractivity contribution in [3.05, 3.63) is 58.9 Å². The first-order valence-corrected chi connectivity index (χ1v) is 11.2. The maximum absolute atomic E-state index is 11.5. The first-order chi connectivity index (χ1) is 12.5. The van der Waals surface area contributed by atoms with Gasteiger partial charge in [-0.25, -0.2) is 17.8 Å². The summed E-state index contributed by atoms with van der Waals surface area (Å²) >= 11 is 0. The van der Waals surface area contributed by atoms with E-state index in [1.165, 1.54) is 17.4 Å². The van der Waals surface area contributed by atoms with Crippen LogP contribution in [0.15, 0.2) is 36.4 Å². The highest BCUT2D eigenvalue weighted by Gasteiger charge is 2.27. The predicted octanol–water partition coefficient (Wildman–Crippen LogP) is 3.75. The van der Waals surface area contributed by atoms with Gasteiger partial charge in [-0.2, -0.15) is 5.10 Å². The Kier molecular flexibility index (Phi) is 5.08. The Balaban J connectivity index is 1.87. The van der Waals surface area contributed by atoms with Crippen molar-refractivity contribution in [3.63, 3.8) is 0 Å². The average Bonchev–Trinajstić information content (AvgIpc) is 3.09. The van der Waals surface area contributed by atoms with Crippen molar-refractivity contribution >= 4 is 10.0 Å². The molecule has 1 aliphatic rings. The van der Waals surface area contributed by atoms with Gasteiger partial charge < -0.3 is 0 Å². The fraction of sp³-hybridized carbons (Fsp3) is 0.476. The smallest absolute Gasteiger partial charge is 0.209 e. The lowest BCUT2D eigenvalue weighted by atomic mass is 9.87. The molecule has 0 amide bonds. The van der Waals surface area contributed by atoms with Crippen molar-refractivity contribution in [2.24, 2.45) is 0 Å². The van der Waals surface area contributed by atoms with Crippen molar-refractivity contribution in [1.29, 1.82) is 0 Å². The molecular formula is C21H29N3O2S. The molecule has 1 aliphatic carbocycles. The van der Waals surface area contributed by atoms with E-state index in [0.29, 0.717) is 0 Å². The zero-order valence-electron chi connectivity index (χ0n) is 16.9. The summed E-state index contributed by atoms with van der Waals surface area (Å²) < 4.78 is 27.6. The van der Waals surface area contributed by atoms with Crippen LogP contribution in [0.1, 0.15) is 55.6 Å². The van der Waals surface area contributed by atoms with Gasteiger partial charge in [-0.1, -0.05) is 45.1 Å². The zero-order valence-corrected chi connectivity index (χ0v) is 17.8. The Bertz CT molecular complexity index is 964. The Labute approximate surface area is 162 Å². The van der Waals surface area contributed by atoms with Gasteiger partial charge in [0, 0.05) is 23.2 Å². The highest BCUT2D eigenvalue weighted by molar-refractivity contribution is 7.88. The molecule has 0 bridgehead atoms. The quantitative estimate of drug-likeness (QED) is 0.813. The summed E-state index contributed by atoms with van der Waals surface area (Å²) in [7, 11) is -3.21. The fourth-order valence-corrected chi connectivity index (χ4v) is 4.55. The number of nitrogens with one attached hydrogen (secondary N) is 1. The molecule has 0 unspecified atom stereocenters. The van der Waals surface area contributed by atoms with Crippen molar-refractivity contribution in [2.45, 2.75) is 58.4 Å². The molecular weight excluding hydrogens is 358 g/mol. The van der Waals surface area contributed by atoms with Gasteiger partial charge in [0.15, 0.2) is 0 Å². The lowest BCUT2D eigenvalue weighted by Crippen LogP contribution is -2.31. The van der Waals surface area contributed by atoms with E-state index in [1.54, 1.807) is 0 Å². The van der Waals surface area contributed by atoms with Crippen LogP contribution in [0.25, 0.3) is 5.69 Å². The van der Waals surface area contributed by atoms with E-state index in [1.807, 2.05) is 17.7 Å². The lowest BCUT2D eigenvalue weighted by molar-refractivity contribution is 0.569. The van der Waals surface area contributed by atoms with Gasteiger partial charge in [-0.15, -0.1) is 0 Å². The first-order valence-electron chi connectivity index (χ1n) is 9.28. The van der Waals surface area contributed by atoms with Crippen LogP contribution in [-0.2, 0) is 15.4 Å². The van der Waals surface area contributed by atoms with Crippen molar-refractivity contribution < 1.29 is 8.42 Å². The monoisotopic (exact) mass is 387 g/mol. The normalized spacial score (nSPS) is 20.4. The standard InChI is InChI=1S/C21H29N3O2S/c1-14-20(16-7-10-18(13-16)23-27(6,25)26)15(2)24(22-14)19-11-8-17(9-12-19)21(3,4)5/h7-12,16,18,23H,13H2,1-6H3/t16-,18+/m0/s1. The van der Waals surface area contributed by atoms with E-state index in [0.717, 1.165) is 23.5 Å². The van der Waals surface area contributed by atoms with Gasteiger partial charge in [-0.3, -0.25) is 0 Å². The van der Waals surface area contributed by atoms with Crippen molar-refractivity contribution in [2.75, 3.05) is 6.26 Å². The Hall–Kier alpha value is -1.92. The first kappa shape index (κ1) is 19.8. The molecule has 6 heteroatoms. The van der Waals surface area contributed by atoms with Crippen LogP contribution in [0.3, 0.4) is 0 Å². The molecule has 2 aromatic rings. The molecule has 146 valence electrons. The Morgan fingerprint density at radius 3 is 2.30 bits per heavy atom. The number of rotatable bonds is 4. The summed E-state index contributed by atoms with van der Waals surface area (Å²) in [4.78, 5) is 0. The summed E-state index contributed by atoms with van der Waals surface area (Å²) in [5, 5.41) is 4.76. The second-order valence-corrected chi connectivity index (χ2v) is 10.3. The van der Waals surface area contributed by atoms with Crippen LogP contribution in [0.2, 0.25) is 0 Å². The third kappa shape index (κ3) is 4.33. The Morgan fingerprint density at radius 1 is 1.11 bits per heavy atom. The van der Waals surface area contributed by atoms with Gasteiger partial charge >= 0.3 is 0 Å². The topological polar surface area (TPSA) is 64.0 Å². The van der Waals surface area contributed by atoms with E-state index >= 15 is 0 Å². The van der Waals surface area contributed by atoms with Crippen LogP contribution in [0.4, 0.5) is 0 Å². The number of sulfonamides is 1. The summed E-state index contributed by atoms with van der Waals surface area (Å²) in [5.41, 5.74) is 5.73. The number of aromatic nitrogens is 2. The molecule has 1 N–H and O–H groups in total. The zero-order chi connectivity index (χ0) is 20.0. The maximum Gasteiger partial charge on any atom is 0.209 e. The van der Waals surface area contributed by atoms with Gasteiger partial charge in [0.2, 0.25) is 10.0 Å². The minimum Gasteiger partial charge on any atom is -0.238 e. The van der Waals surface area contributed by atoms with Gasteiger partial charge in [-0.05, 0) is 43.4 Å². The van der Waals surface area contributed by atoms with Crippen LogP contribution >= 0.6 is 0 Å². The molecule has 0 radical (unpaired) electrons.